The lowest BCUT2D eigenvalue weighted by atomic mass is 9.67. The van der Waals surface area contributed by atoms with E-state index in [2.05, 4.69) is 189 Å². The van der Waals surface area contributed by atoms with Crippen molar-refractivity contribution in [1.82, 2.24) is 0 Å². The maximum Gasteiger partial charge on any atom is 0.0714 e. The molecule has 0 aliphatic heterocycles. The molecular formula is C58H43N. The molecule has 280 valence electrons. The van der Waals surface area contributed by atoms with Gasteiger partial charge in [-0.05, 0) is 120 Å². The molecule has 0 amide bonds. The van der Waals surface area contributed by atoms with E-state index in [1.165, 1.54) is 55.6 Å². The molecule has 2 aliphatic carbocycles. The van der Waals surface area contributed by atoms with Crippen molar-refractivity contribution in [3.05, 3.63) is 258 Å². The van der Waals surface area contributed by atoms with E-state index < -0.39 is 11.5 Å². The van der Waals surface area contributed by atoms with Crippen molar-refractivity contribution in [3.8, 4) is 44.5 Å². The average Bonchev–Trinajstić information content (AvgIpc) is 3.76. The van der Waals surface area contributed by atoms with Gasteiger partial charge in [0.15, 0.2) is 0 Å². The highest BCUT2D eigenvalue weighted by atomic mass is 15.1. The van der Waals surface area contributed by atoms with Crippen LogP contribution in [0.4, 0.5) is 17.1 Å². The minimum absolute atomic E-state index is 0.133. The Labute approximate surface area is 354 Å². The minimum Gasteiger partial charge on any atom is -0.310 e. The first kappa shape index (κ1) is 29.9. The van der Waals surface area contributed by atoms with Crippen LogP contribution in [0.3, 0.4) is 0 Å². The summed E-state index contributed by atoms with van der Waals surface area (Å²) < 4.78 is 41.9. The van der Waals surface area contributed by atoms with E-state index in [0.29, 0.717) is 5.56 Å². The van der Waals surface area contributed by atoms with Crippen molar-refractivity contribution in [1.29, 1.82) is 0 Å². The molecular weight excluding hydrogens is 711 g/mol. The molecule has 9 aromatic rings. The van der Waals surface area contributed by atoms with Crippen molar-refractivity contribution in [2.45, 2.75) is 24.7 Å². The molecule has 0 bridgehead atoms. The monoisotopic (exact) mass is 758 g/mol. The third kappa shape index (κ3) is 5.46. The Kier molecular flexibility index (Phi) is 6.96. The van der Waals surface area contributed by atoms with Gasteiger partial charge in [-0.2, -0.15) is 0 Å². The van der Waals surface area contributed by atoms with Gasteiger partial charge in [0.25, 0.3) is 0 Å². The topological polar surface area (TPSA) is 3.24 Å². The quantitative estimate of drug-likeness (QED) is 0.156. The van der Waals surface area contributed by atoms with Gasteiger partial charge in [-0.1, -0.05) is 196 Å². The highest BCUT2D eigenvalue weighted by Crippen LogP contribution is 2.57. The van der Waals surface area contributed by atoms with Gasteiger partial charge in [0.05, 0.1) is 12.3 Å². The van der Waals surface area contributed by atoms with Gasteiger partial charge in [0.2, 0.25) is 0 Å². The Morgan fingerprint density at radius 3 is 1.58 bits per heavy atom. The van der Waals surface area contributed by atoms with Crippen LogP contribution >= 0.6 is 0 Å². The Balaban J connectivity index is 1.09. The molecule has 0 atom stereocenters. The summed E-state index contributed by atoms with van der Waals surface area (Å²) in [6.45, 7) is 4.62. The van der Waals surface area contributed by atoms with E-state index >= 15 is 0 Å². The smallest absolute Gasteiger partial charge is 0.0714 e. The fraction of sp³-hybridized carbons (Fsp3) is 0.0690. The van der Waals surface area contributed by atoms with Crippen molar-refractivity contribution >= 4 is 17.1 Å². The summed E-state index contributed by atoms with van der Waals surface area (Å²) in [6, 6.07) is 67.8. The third-order valence-electron chi connectivity index (χ3n) is 12.6. The summed E-state index contributed by atoms with van der Waals surface area (Å²) >= 11 is 0. The largest absolute Gasteiger partial charge is 0.310 e. The van der Waals surface area contributed by atoms with Gasteiger partial charge >= 0.3 is 0 Å². The highest BCUT2D eigenvalue weighted by Gasteiger charge is 2.46. The molecule has 2 aliphatic rings. The summed E-state index contributed by atoms with van der Waals surface area (Å²) in [5, 5.41) is 0. The minimum atomic E-state index is -0.563. The number of anilines is 3. The zero-order chi connectivity index (χ0) is 43.9. The van der Waals surface area contributed by atoms with Crippen LogP contribution in [0.2, 0.25) is 0 Å². The van der Waals surface area contributed by atoms with Crippen LogP contribution in [0.25, 0.3) is 44.5 Å². The number of benzene rings is 9. The van der Waals surface area contributed by atoms with Crippen molar-refractivity contribution in [2.24, 2.45) is 0 Å². The number of fused-ring (bicyclic) bond motifs is 6. The van der Waals surface area contributed by atoms with E-state index in [9.17, 15) is 0 Å². The summed E-state index contributed by atoms with van der Waals surface area (Å²) in [4.78, 5) is 2.36. The van der Waals surface area contributed by atoms with E-state index in [1.807, 2.05) is 18.2 Å². The van der Waals surface area contributed by atoms with Crippen LogP contribution in [0.1, 0.15) is 54.1 Å². The Bertz CT molecular complexity index is 3240. The van der Waals surface area contributed by atoms with Crippen LogP contribution in [-0.2, 0) is 10.8 Å². The number of hydrogen-bond acceptors (Lipinski definition) is 1. The van der Waals surface area contributed by atoms with Crippen LogP contribution in [0.15, 0.2) is 224 Å². The Morgan fingerprint density at radius 2 is 0.881 bits per heavy atom. The van der Waals surface area contributed by atoms with Crippen LogP contribution in [-0.4, -0.2) is 0 Å². The normalized spacial score (nSPS) is 15.1. The first-order chi connectivity index (χ1) is 31.1. The van der Waals surface area contributed by atoms with Gasteiger partial charge in [-0.25, -0.2) is 0 Å². The Morgan fingerprint density at radius 1 is 0.356 bits per heavy atom. The molecule has 9 aromatic carbocycles. The first-order valence-corrected chi connectivity index (χ1v) is 20.3. The van der Waals surface area contributed by atoms with Crippen molar-refractivity contribution in [2.75, 3.05) is 4.90 Å². The predicted octanol–water partition coefficient (Wildman–Crippen LogP) is 15.2. The molecule has 0 aromatic heterocycles. The second-order valence-corrected chi connectivity index (χ2v) is 16.1. The number of rotatable bonds is 7. The SMILES string of the molecule is [2H]c1c([2H])c([2H])c(-c2cccc(-c3ccc(N(c4cccc(C5(c6ccccc6)c6ccccc6-c6ccccc65)c4)c4ccc5c(c4)-c4ccccc4C5(C)C)cc3)c2)c([2H])c1[2H]. The summed E-state index contributed by atoms with van der Waals surface area (Å²) in [5.41, 5.74) is 17.5. The summed E-state index contributed by atoms with van der Waals surface area (Å²) in [6.07, 6.45) is 0. The van der Waals surface area contributed by atoms with Crippen LogP contribution in [0, 0.1) is 0 Å². The predicted molar refractivity (Wildman–Crippen MR) is 247 cm³/mol. The van der Waals surface area contributed by atoms with Crippen LogP contribution < -0.4 is 4.90 Å². The summed E-state index contributed by atoms with van der Waals surface area (Å²) in [7, 11) is 0. The lowest BCUT2D eigenvalue weighted by molar-refractivity contribution is 0.660. The molecule has 1 nitrogen and oxygen atoms in total. The van der Waals surface area contributed by atoms with Crippen LogP contribution in [0.5, 0.6) is 0 Å². The fourth-order valence-electron chi connectivity index (χ4n) is 9.94. The summed E-state index contributed by atoms with van der Waals surface area (Å²) in [5.74, 6) is 0. The lowest BCUT2D eigenvalue weighted by Gasteiger charge is -2.35. The molecule has 0 heterocycles. The standard InChI is InChI=1S/C58H43N/c1-57(2)53-28-12-9-27-51(53)52-39-48(35-36-54(52)57)59(46-33-31-41(32-34-46)43-20-15-19-42(37-43)40-17-5-3-6-18-40)47-24-16-23-45(38-47)58(44-21-7-4-8-22-44)55-29-13-10-25-49(55)50-26-11-14-30-56(50)58/h3-39H,1-2H3/i3D,5D,6D,17D,18D. The maximum absolute atomic E-state index is 8.62. The van der Waals surface area contributed by atoms with Gasteiger partial charge in [-0.15, -0.1) is 0 Å². The number of nitrogens with zero attached hydrogens (tertiary/aromatic N) is 1. The molecule has 0 fully saturated rings. The molecule has 59 heavy (non-hydrogen) atoms. The van der Waals surface area contributed by atoms with E-state index in [4.69, 9.17) is 6.85 Å². The maximum atomic E-state index is 8.62. The van der Waals surface area contributed by atoms with Crippen molar-refractivity contribution in [3.63, 3.8) is 0 Å². The molecule has 0 radical (unpaired) electrons. The fourth-order valence-corrected chi connectivity index (χ4v) is 9.94. The Hall–Kier alpha value is -7.22. The zero-order valence-corrected chi connectivity index (χ0v) is 32.9. The third-order valence-corrected chi connectivity index (χ3v) is 12.6. The van der Waals surface area contributed by atoms with Gasteiger partial charge < -0.3 is 4.90 Å². The van der Waals surface area contributed by atoms with Gasteiger partial charge in [0.1, 0.15) is 0 Å². The highest BCUT2D eigenvalue weighted by molar-refractivity contribution is 5.89. The molecule has 0 saturated heterocycles. The molecule has 0 spiro atoms. The molecule has 0 unspecified atom stereocenters. The average molecular weight is 759 g/mol. The second-order valence-electron chi connectivity index (χ2n) is 16.1. The van der Waals surface area contributed by atoms with E-state index in [0.717, 1.165) is 28.2 Å². The van der Waals surface area contributed by atoms with E-state index in [-0.39, 0.29) is 35.1 Å². The lowest BCUT2D eigenvalue weighted by Crippen LogP contribution is -2.28. The molecule has 0 saturated carbocycles. The molecule has 1 heteroatoms. The molecule has 0 N–H and O–H groups in total. The van der Waals surface area contributed by atoms with Gasteiger partial charge in [-0.3, -0.25) is 0 Å². The first-order valence-electron chi connectivity index (χ1n) is 22.8. The van der Waals surface area contributed by atoms with Gasteiger partial charge in [0, 0.05) is 22.5 Å². The second kappa shape index (κ2) is 13.7. The van der Waals surface area contributed by atoms with E-state index in [1.54, 1.807) is 6.07 Å². The number of hydrogen-bond donors (Lipinski definition) is 0. The zero-order valence-electron chi connectivity index (χ0n) is 37.9. The molecule has 11 rings (SSSR count). The van der Waals surface area contributed by atoms with Crippen molar-refractivity contribution < 1.29 is 6.85 Å².